The number of fused-ring (bicyclic) bond motifs is 1. The van der Waals surface area contributed by atoms with Crippen molar-refractivity contribution in [3.05, 3.63) is 75.9 Å². The van der Waals surface area contributed by atoms with Gasteiger partial charge in [0.05, 0.1) is 0 Å². The van der Waals surface area contributed by atoms with Crippen LogP contribution in [0.2, 0.25) is 0 Å². The Morgan fingerprint density at radius 3 is 2.14 bits per heavy atom. The summed E-state index contributed by atoms with van der Waals surface area (Å²) in [4.78, 5) is 0. The highest BCUT2D eigenvalue weighted by atomic mass is 16.5. The first-order valence-electron chi connectivity index (χ1n) is 9.93. The number of allylic oxidation sites excluding steroid dienone is 4. The van der Waals surface area contributed by atoms with E-state index < -0.39 is 0 Å². The number of phenols is 2. The summed E-state index contributed by atoms with van der Waals surface area (Å²) in [5, 5.41) is 20.6. The number of rotatable bonds is 5. The fourth-order valence-electron chi connectivity index (χ4n) is 3.51. The highest BCUT2D eigenvalue weighted by molar-refractivity contribution is 5.48. The van der Waals surface area contributed by atoms with Crippen molar-refractivity contribution in [3.63, 3.8) is 0 Å². The Labute approximate surface area is 168 Å². The summed E-state index contributed by atoms with van der Waals surface area (Å²) >= 11 is 0. The predicted molar refractivity (Wildman–Crippen MR) is 114 cm³/mol. The first kappa shape index (κ1) is 20.1. The maximum Gasteiger partial charge on any atom is 0.127 e. The topological polar surface area (TPSA) is 49.7 Å². The molecule has 0 aromatic heterocycles. The monoisotopic (exact) mass is 378 g/mol. The lowest BCUT2D eigenvalue weighted by Crippen LogP contribution is -2.15. The van der Waals surface area contributed by atoms with Gasteiger partial charge in [-0.15, -0.1) is 0 Å². The van der Waals surface area contributed by atoms with Gasteiger partial charge in [0.1, 0.15) is 23.4 Å². The van der Waals surface area contributed by atoms with Gasteiger partial charge in [0.15, 0.2) is 0 Å². The molecule has 0 amide bonds. The lowest BCUT2D eigenvalue weighted by Gasteiger charge is -2.27. The summed E-state index contributed by atoms with van der Waals surface area (Å²) in [7, 11) is 0. The van der Waals surface area contributed by atoms with Gasteiger partial charge >= 0.3 is 0 Å². The van der Waals surface area contributed by atoms with Crippen LogP contribution in [0.15, 0.2) is 53.6 Å². The highest BCUT2D eigenvalue weighted by Crippen LogP contribution is 2.39. The summed E-state index contributed by atoms with van der Waals surface area (Å²) in [6.45, 7) is 8.27. The fraction of sp³-hybridized carbons (Fsp3) is 0.360. The molecule has 0 radical (unpaired) electrons. The van der Waals surface area contributed by atoms with Crippen LogP contribution in [-0.2, 0) is 19.3 Å². The molecule has 2 N–H and O–H groups in total. The van der Waals surface area contributed by atoms with Gasteiger partial charge in [-0.25, -0.2) is 0 Å². The smallest absolute Gasteiger partial charge is 0.127 e. The quantitative estimate of drug-likeness (QED) is 0.611. The van der Waals surface area contributed by atoms with Gasteiger partial charge in [0.25, 0.3) is 0 Å². The largest absolute Gasteiger partial charge is 0.508 e. The zero-order chi connectivity index (χ0) is 20.3. The van der Waals surface area contributed by atoms with Crippen molar-refractivity contribution in [3.8, 4) is 17.2 Å². The third-order valence-electron chi connectivity index (χ3n) is 5.12. The molecule has 28 heavy (non-hydrogen) atoms. The van der Waals surface area contributed by atoms with E-state index in [1.54, 1.807) is 12.1 Å². The molecular weight excluding hydrogens is 348 g/mol. The molecule has 1 aliphatic rings. The molecule has 0 aliphatic carbocycles. The van der Waals surface area contributed by atoms with Gasteiger partial charge in [0, 0.05) is 6.07 Å². The first-order valence-corrected chi connectivity index (χ1v) is 9.93. The second kappa shape index (κ2) is 8.55. The number of aromatic hydroxyl groups is 2. The van der Waals surface area contributed by atoms with Crippen LogP contribution in [0.1, 0.15) is 62.5 Å². The van der Waals surface area contributed by atoms with Crippen LogP contribution in [0.25, 0.3) is 0 Å². The van der Waals surface area contributed by atoms with Crippen LogP contribution in [0.5, 0.6) is 17.2 Å². The Balaban J connectivity index is 1.97. The minimum Gasteiger partial charge on any atom is -0.508 e. The van der Waals surface area contributed by atoms with Gasteiger partial charge in [-0.3, -0.25) is 0 Å². The molecule has 0 bridgehead atoms. The normalized spacial score (nSPS) is 15.4. The van der Waals surface area contributed by atoms with E-state index in [2.05, 4.69) is 52.0 Å². The van der Waals surface area contributed by atoms with E-state index in [0.29, 0.717) is 18.6 Å². The number of hydrogen-bond acceptors (Lipinski definition) is 3. The molecule has 148 valence electrons. The summed E-state index contributed by atoms with van der Waals surface area (Å²) < 4.78 is 6.23. The summed E-state index contributed by atoms with van der Waals surface area (Å²) in [6.07, 6.45) is 7.39. The third kappa shape index (κ3) is 4.78. The SMILES string of the molecule is CC(C)=CCc1cc([C@@H]2CCc3ccc(O)cc3O2)cc(CC=C(C)C)c1O. The average molecular weight is 379 g/mol. The molecule has 2 aromatic carbocycles. The number of benzene rings is 2. The van der Waals surface area contributed by atoms with Crippen molar-refractivity contribution < 1.29 is 14.9 Å². The van der Waals surface area contributed by atoms with Crippen molar-refractivity contribution in [1.29, 1.82) is 0 Å². The van der Waals surface area contributed by atoms with Crippen LogP contribution in [0.3, 0.4) is 0 Å². The minimum absolute atomic E-state index is 0.0780. The molecule has 0 unspecified atom stereocenters. The van der Waals surface area contributed by atoms with Gasteiger partial charge in [-0.05, 0) is 93.8 Å². The molecule has 1 atom stereocenters. The summed E-state index contributed by atoms with van der Waals surface area (Å²) in [5.74, 6) is 1.35. The molecular formula is C25H30O3. The van der Waals surface area contributed by atoms with Crippen molar-refractivity contribution in [2.75, 3.05) is 0 Å². The molecule has 3 nitrogen and oxygen atoms in total. The third-order valence-corrected chi connectivity index (χ3v) is 5.12. The van der Waals surface area contributed by atoms with Crippen molar-refractivity contribution >= 4 is 0 Å². The van der Waals surface area contributed by atoms with Gasteiger partial charge in [0.2, 0.25) is 0 Å². The Morgan fingerprint density at radius 2 is 1.57 bits per heavy atom. The van der Waals surface area contributed by atoms with E-state index in [9.17, 15) is 10.2 Å². The van der Waals surface area contributed by atoms with E-state index >= 15 is 0 Å². The number of ether oxygens (including phenoxy) is 1. The lowest BCUT2D eigenvalue weighted by molar-refractivity contribution is 0.175. The van der Waals surface area contributed by atoms with Crippen molar-refractivity contribution in [2.45, 2.75) is 59.5 Å². The lowest BCUT2D eigenvalue weighted by atomic mass is 9.92. The van der Waals surface area contributed by atoms with E-state index in [1.165, 1.54) is 11.1 Å². The van der Waals surface area contributed by atoms with Crippen molar-refractivity contribution in [1.82, 2.24) is 0 Å². The molecule has 3 heteroatoms. The minimum atomic E-state index is -0.0780. The standard InChI is InChI=1S/C25H30O3/c1-16(2)5-7-19-13-21(14-20(25(19)27)8-6-17(3)4)23-12-10-18-9-11-22(26)15-24(18)28-23/h5-6,9,11,13-15,23,26-27H,7-8,10,12H2,1-4H3/t23-/m0/s1. The van der Waals surface area contributed by atoms with E-state index in [-0.39, 0.29) is 11.9 Å². The number of hydrogen-bond donors (Lipinski definition) is 2. The van der Waals surface area contributed by atoms with E-state index in [0.717, 1.165) is 40.8 Å². The second-order valence-electron chi connectivity index (χ2n) is 8.10. The molecule has 3 rings (SSSR count). The molecule has 0 spiro atoms. The highest BCUT2D eigenvalue weighted by Gasteiger charge is 2.23. The molecule has 2 aromatic rings. The Bertz CT molecular complexity index is 872. The maximum absolute atomic E-state index is 10.8. The summed E-state index contributed by atoms with van der Waals surface area (Å²) in [5.41, 5.74) is 6.54. The molecule has 1 aliphatic heterocycles. The molecule has 0 saturated heterocycles. The van der Waals surface area contributed by atoms with Crippen LogP contribution in [-0.4, -0.2) is 10.2 Å². The zero-order valence-electron chi connectivity index (χ0n) is 17.2. The van der Waals surface area contributed by atoms with Gasteiger partial charge < -0.3 is 14.9 Å². The van der Waals surface area contributed by atoms with Crippen LogP contribution >= 0.6 is 0 Å². The van der Waals surface area contributed by atoms with Gasteiger partial charge in [-0.2, -0.15) is 0 Å². The Hall–Kier alpha value is -2.68. The fourth-order valence-corrected chi connectivity index (χ4v) is 3.51. The van der Waals surface area contributed by atoms with Crippen molar-refractivity contribution in [2.24, 2.45) is 0 Å². The van der Waals surface area contributed by atoms with E-state index in [4.69, 9.17) is 4.74 Å². The Morgan fingerprint density at radius 1 is 0.964 bits per heavy atom. The average Bonchev–Trinajstić information content (AvgIpc) is 2.65. The molecule has 0 fully saturated rings. The predicted octanol–water partition coefficient (Wildman–Crippen LogP) is 6.18. The molecule has 0 saturated carbocycles. The van der Waals surface area contributed by atoms with Crippen LogP contribution < -0.4 is 4.74 Å². The maximum atomic E-state index is 10.8. The Kier molecular flexibility index (Phi) is 6.13. The second-order valence-corrected chi connectivity index (χ2v) is 8.10. The van der Waals surface area contributed by atoms with E-state index in [1.807, 2.05) is 6.07 Å². The number of aryl methyl sites for hydroxylation is 1. The number of phenolic OH excluding ortho intramolecular Hbond substituents is 2. The zero-order valence-corrected chi connectivity index (χ0v) is 17.2. The van der Waals surface area contributed by atoms with Gasteiger partial charge in [-0.1, -0.05) is 29.4 Å². The van der Waals surface area contributed by atoms with Crippen LogP contribution in [0, 0.1) is 0 Å². The van der Waals surface area contributed by atoms with Crippen LogP contribution in [0.4, 0.5) is 0 Å². The summed E-state index contributed by atoms with van der Waals surface area (Å²) in [6, 6.07) is 9.46. The molecule has 1 heterocycles. The first-order chi connectivity index (χ1) is 13.3.